The standard InChI is InChI=1S/C17H22N4S/c1-12-9-14(11-21(12)15-7-8-15)18-10-16-19-20-17(22-16)13-5-3-2-4-6-13/h2-6,12,14-15,18H,7-11H2,1H3. The van der Waals surface area contributed by atoms with Crippen LogP contribution >= 0.6 is 11.3 Å². The first kappa shape index (κ1) is 14.3. The van der Waals surface area contributed by atoms with E-state index < -0.39 is 0 Å². The molecular formula is C17H22N4S. The van der Waals surface area contributed by atoms with Crippen molar-refractivity contribution in [2.45, 2.75) is 50.9 Å². The molecule has 4 nitrogen and oxygen atoms in total. The number of nitrogens with one attached hydrogen (secondary N) is 1. The van der Waals surface area contributed by atoms with Gasteiger partial charge in [0.2, 0.25) is 0 Å². The number of nitrogens with zero attached hydrogens (tertiary/aromatic N) is 3. The number of aromatic nitrogens is 2. The molecule has 4 rings (SSSR count). The highest BCUT2D eigenvalue weighted by Gasteiger charge is 2.38. The Labute approximate surface area is 135 Å². The Morgan fingerprint density at radius 1 is 1.23 bits per heavy atom. The minimum atomic E-state index is 0.597. The lowest BCUT2D eigenvalue weighted by Gasteiger charge is -2.19. The van der Waals surface area contributed by atoms with E-state index in [9.17, 15) is 0 Å². The van der Waals surface area contributed by atoms with Crippen molar-refractivity contribution in [3.63, 3.8) is 0 Å². The fourth-order valence-corrected chi connectivity index (χ4v) is 4.17. The summed E-state index contributed by atoms with van der Waals surface area (Å²) in [7, 11) is 0. The molecule has 5 heteroatoms. The zero-order chi connectivity index (χ0) is 14.9. The second-order valence-electron chi connectivity index (χ2n) is 6.46. The molecule has 0 bridgehead atoms. The van der Waals surface area contributed by atoms with Gasteiger partial charge in [-0.25, -0.2) is 0 Å². The van der Waals surface area contributed by atoms with Crippen LogP contribution in [0.3, 0.4) is 0 Å². The predicted molar refractivity (Wildman–Crippen MR) is 89.8 cm³/mol. The Morgan fingerprint density at radius 2 is 2.05 bits per heavy atom. The molecule has 2 unspecified atom stereocenters. The molecule has 2 atom stereocenters. The summed E-state index contributed by atoms with van der Waals surface area (Å²) >= 11 is 1.69. The lowest BCUT2D eigenvalue weighted by atomic mass is 10.2. The number of rotatable bonds is 5. The molecule has 1 saturated heterocycles. The summed E-state index contributed by atoms with van der Waals surface area (Å²) in [6.45, 7) is 4.38. The Morgan fingerprint density at radius 3 is 2.82 bits per heavy atom. The van der Waals surface area contributed by atoms with Crippen LogP contribution in [0, 0.1) is 0 Å². The first-order valence-electron chi connectivity index (χ1n) is 8.16. The summed E-state index contributed by atoms with van der Waals surface area (Å²) in [4.78, 5) is 2.67. The molecule has 22 heavy (non-hydrogen) atoms. The summed E-state index contributed by atoms with van der Waals surface area (Å²) in [6, 6.07) is 12.5. The topological polar surface area (TPSA) is 41.1 Å². The van der Waals surface area contributed by atoms with Crippen LogP contribution in [0.15, 0.2) is 30.3 Å². The molecule has 2 fully saturated rings. The quantitative estimate of drug-likeness (QED) is 0.921. The second kappa shape index (κ2) is 6.07. The minimum Gasteiger partial charge on any atom is -0.306 e. The van der Waals surface area contributed by atoms with Gasteiger partial charge < -0.3 is 5.32 Å². The molecule has 1 aliphatic heterocycles. The van der Waals surface area contributed by atoms with E-state index in [-0.39, 0.29) is 0 Å². The number of likely N-dealkylation sites (tertiary alicyclic amines) is 1. The normalized spacial score (nSPS) is 25.7. The van der Waals surface area contributed by atoms with Gasteiger partial charge in [0.15, 0.2) is 0 Å². The summed E-state index contributed by atoms with van der Waals surface area (Å²) in [5.41, 5.74) is 1.15. The first-order valence-corrected chi connectivity index (χ1v) is 8.98. The van der Waals surface area contributed by atoms with Gasteiger partial charge in [0.05, 0.1) is 6.54 Å². The number of benzene rings is 1. The first-order chi connectivity index (χ1) is 10.8. The zero-order valence-corrected chi connectivity index (χ0v) is 13.7. The van der Waals surface area contributed by atoms with Crippen LogP contribution in [0.4, 0.5) is 0 Å². The zero-order valence-electron chi connectivity index (χ0n) is 12.9. The maximum absolute atomic E-state index is 4.33. The van der Waals surface area contributed by atoms with Crippen LogP contribution in [0.2, 0.25) is 0 Å². The fraction of sp³-hybridized carbons (Fsp3) is 0.529. The SMILES string of the molecule is CC1CC(NCc2nnc(-c3ccccc3)s2)CN1C1CC1. The van der Waals surface area contributed by atoms with E-state index >= 15 is 0 Å². The predicted octanol–water partition coefficient (Wildman–Crippen LogP) is 2.92. The molecule has 2 aliphatic rings. The van der Waals surface area contributed by atoms with Crippen molar-refractivity contribution in [1.29, 1.82) is 0 Å². The molecule has 1 aliphatic carbocycles. The van der Waals surface area contributed by atoms with E-state index in [2.05, 4.69) is 39.5 Å². The van der Waals surface area contributed by atoms with Crippen LogP contribution in [0.25, 0.3) is 10.6 Å². The third-order valence-electron chi connectivity index (χ3n) is 4.67. The smallest absolute Gasteiger partial charge is 0.147 e. The Balaban J connectivity index is 1.34. The van der Waals surface area contributed by atoms with E-state index in [1.165, 1.54) is 25.8 Å². The minimum absolute atomic E-state index is 0.597. The van der Waals surface area contributed by atoms with Crippen molar-refractivity contribution in [2.24, 2.45) is 0 Å². The van der Waals surface area contributed by atoms with E-state index in [0.717, 1.165) is 34.2 Å². The Hall–Kier alpha value is -1.30. The van der Waals surface area contributed by atoms with Crippen LogP contribution in [0.1, 0.15) is 31.2 Å². The van der Waals surface area contributed by atoms with Gasteiger partial charge in [0.1, 0.15) is 10.0 Å². The summed E-state index contributed by atoms with van der Waals surface area (Å²) in [5, 5.41) is 14.4. The van der Waals surface area contributed by atoms with E-state index in [0.29, 0.717) is 6.04 Å². The monoisotopic (exact) mass is 314 g/mol. The molecule has 1 N–H and O–H groups in total. The summed E-state index contributed by atoms with van der Waals surface area (Å²) in [5.74, 6) is 0. The molecule has 1 saturated carbocycles. The fourth-order valence-electron chi connectivity index (χ4n) is 3.37. The van der Waals surface area contributed by atoms with Crippen molar-refractivity contribution in [1.82, 2.24) is 20.4 Å². The van der Waals surface area contributed by atoms with Crippen molar-refractivity contribution < 1.29 is 0 Å². The van der Waals surface area contributed by atoms with E-state index in [4.69, 9.17) is 0 Å². The van der Waals surface area contributed by atoms with Gasteiger partial charge in [-0.05, 0) is 26.2 Å². The highest BCUT2D eigenvalue weighted by molar-refractivity contribution is 7.14. The van der Waals surface area contributed by atoms with Crippen molar-refractivity contribution >= 4 is 11.3 Å². The Kier molecular flexibility index (Phi) is 3.94. The van der Waals surface area contributed by atoms with E-state index in [1.807, 2.05) is 18.2 Å². The van der Waals surface area contributed by atoms with Crippen molar-refractivity contribution in [2.75, 3.05) is 6.54 Å². The van der Waals surface area contributed by atoms with Gasteiger partial charge in [0, 0.05) is 30.2 Å². The van der Waals surface area contributed by atoms with Gasteiger partial charge in [-0.3, -0.25) is 4.90 Å². The summed E-state index contributed by atoms with van der Waals surface area (Å²) in [6.07, 6.45) is 4.04. The van der Waals surface area contributed by atoms with Crippen molar-refractivity contribution in [3.05, 3.63) is 35.3 Å². The van der Waals surface area contributed by atoms with Crippen LogP contribution < -0.4 is 5.32 Å². The van der Waals surface area contributed by atoms with Crippen LogP contribution in [-0.2, 0) is 6.54 Å². The van der Waals surface area contributed by atoms with E-state index in [1.54, 1.807) is 11.3 Å². The molecule has 2 aromatic rings. The molecule has 0 amide bonds. The Bertz CT molecular complexity index is 623. The molecule has 1 aromatic carbocycles. The lowest BCUT2D eigenvalue weighted by molar-refractivity contribution is 0.255. The third kappa shape index (κ3) is 3.07. The number of hydrogen-bond acceptors (Lipinski definition) is 5. The van der Waals surface area contributed by atoms with Gasteiger partial charge in [-0.1, -0.05) is 41.7 Å². The largest absolute Gasteiger partial charge is 0.306 e. The highest BCUT2D eigenvalue weighted by Crippen LogP contribution is 2.33. The molecule has 1 aromatic heterocycles. The highest BCUT2D eigenvalue weighted by atomic mass is 32.1. The van der Waals surface area contributed by atoms with Crippen LogP contribution in [-0.4, -0.2) is 39.8 Å². The second-order valence-corrected chi connectivity index (χ2v) is 7.52. The molecule has 0 spiro atoms. The average molecular weight is 314 g/mol. The van der Waals surface area contributed by atoms with Gasteiger partial charge >= 0.3 is 0 Å². The van der Waals surface area contributed by atoms with Gasteiger partial charge in [0.25, 0.3) is 0 Å². The molecule has 0 radical (unpaired) electrons. The van der Waals surface area contributed by atoms with Crippen molar-refractivity contribution in [3.8, 4) is 10.6 Å². The number of hydrogen-bond donors (Lipinski definition) is 1. The van der Waals surface area contributed by atoms with Gasteiger partial charge in [-0.2, -0.15) is 0 Å². The summed E-state index contributed by atoms with van der Waals surface area (Å²) < 4.78 is 0. The molecular weight excluding hydrogens is 292 g/mol. The maximum Gasteiger partial charge on any atom is 0.147 e. The van der Waals surface area contributed by atoms with Gasteiger partial charge in [-0.15, -0.1) is 10.2 Å². The lowest BCUT2D eigenvalue weighted by Crippen LogP contribution is -2.33. The molecule has 116 valence electrons. The molecule has 2 heterocycles. The third-order valence-corrected chi connectivity index (χ3v) is 5.64. The average Bonchev–Trinajstić information content (AvgIpc) is 3.15. The van der Waals surface area contributed by atoms with Crippen LogP contribution in [0.5, 0.6) is 0 Å². The maximum atomic E-state index is 4.33.